The number of carbonyl (C=O) groups excluding carboxylic acids is 1. The van der Waals surface area contributed by atoms with Crippen molar-refractivity contribution in [3.63, 3.8) is 0 Å². The van der Waals surface area contributed by atoms with Gasteiger partial charge in [0.2, 0.25) is 11.8 Å². The molecule has 1 aromatic heterocycles. The minimum Gasteiger partial charge on any atom is -0.474 e. The van der Waals surface area contributed by atoms with Crippen LogP contribution in [0, 0.1) is 0 Å². The van der Waals surface area contributed by atoms with E-state index in [9.17, 15) is 26.4 Å². The summed E-state index contributed by atoms with van der Waals surface area (Å²) < 4.78 is 84.4. The molecule has 0 radical (unpaired) electrons. The summed E-state index contributed by atoms with van der Waals surface area (Å²) in [7, 11) is -4.37. The van der Waals surface area contributed by atoms with E-state index in [2.05, 4.69) is 10.3 Å². The highest BCUT2D eigenvalue weighted by Crippen LogP contribution is 2.37. The van der Waals surface area contributed by atoms with Gasteiger partial charge in [-0.05, 0) is 43.4 Å². The lowest BCUT2D eigenvalue weighted by Gasteiger charge is -2.25. The second-order valence-corrected chi connectivity index (χ2v) is 10.2. The number of hydrogen-bond donors (Lipinski definition) is 1. The van der Waals surface area contributed by atoms with Crippen molar-refractivity contribution in [3.8, 4) is 5.88 Å². The lowest BCUT2D eigenvalue weighted by atomic mass is 9.97. The number of pyridine rings is 1. The van der Waals surface area contributed by atoms with Crippen LogP contribution in [-0.2, 0) is 27.4 Å². The molecule has 2 aromatic rings. The number of nitrogens with one attached hydrogen (secondary N) is 1. The molecule has 35 heavy (non-hydrogen) atoms. The number of rotatable bonds is 8. The summed E-state index contributed by atoms with van der Waals surface area (Å²) in [5.74, 6) is -0.701. The van der Waals surface area contributed by atoms with E-state index in [1.807, 2.05) is 0 Å². The highest BCUT2D eigenvalue weighted by molar-refractivity contribution is 7.91. The molecule has 12 heteroatoms. The molecule has 0 aliphatic heterocycles. The molecular weight excluding hydrogens is 490 g/mol. The summed E-state index contributed by atoms with van der Waals surface area (Å²) >= 11 is 0. The fourth-order valence-corrected chi connectivity index (χ4v) is 4.40. The van der Waals surface area contributed by atoms with Crippen LogP contribution in [0.2, 0.25) is 0 Å². The van der Waals surface area contributed by atoms with Gasteiger partial charge in [-0.25, -0.2) is 13.4 Å². The summed E-state index contributed by atoms with van der Waals surface area (Å²) in [6.07, 6.45) is -0.327. The van der Waals surface area contributed by atoms with E-state index in [-0.39, 0.29) is 41.6 Å². The number of carbonyl (C=O) groups is 1. The van der Waals surface area contributed by atoms with E-state index in [1.54, 1.807) is 6.92 Å². The van der Waals surface area contributed by atoms with E-state index in [4.69, 9.17) is 4.74 Å². The van der Waals surface area contributed by atoms with Gasteiger partial charge in [0.1, 0.15) is 17.5 Å². The zero-order chi connectivity index (χ0) is 25.8. The summed E-state index contributed by atoms with van der Waals surface area (Å²) in [6, 6.07) is 6.25. The highest BCUT2D eigenvalue weighted by Gasteiger charge is 2.34. The van der Waals surface area contributed by atoms with E-state index in [0.29, 0.717) is 19.1 Å². The van der Waals surface area contributed by atoms with Crippen molar-refractivity contribution in [1.29, 1.82) is 0 Å². The molecule has 1 aromatic carbocycles. The maximum Gasteiger partial charge on any atom is 0.433 e. The monoisotopic (exact) mass is 517 g/mol. The van der Waals surface area contributed by atoms with Gasteiger partial charge in [-0.2, -0.15) is 13.2 Å². The minimum atomic E-state index is -4.69. The van der Waals surface area contributed by atoms with Gasteiger partial charge in [-0.3, -0.25) is 4.79 Å². The van der Waals surface area contributed by atoms with Gasteiger partial charge in [-0.1, -0.05) is 40.6 Å². The van der Waals surface area contributed by atoms with Gasteiger partial charge in [-0.15, -0.1) is 0 Å². The van der Waals surface area contributed by atoms with Crippen molar-refractivity contribution in [2.75, 3.05) is 16.1 Å². The van der Waals surface area contributed by atoms with Gasteiger partial charge >= 0.3 is 6.18 Å². The number of alkyl halides is 3. The Balaban J connectivity index is 2.07. The average molecular weight is 518 g/mol. The SMILES string of the molecule is CCC(=O)Nc1cccc(Cc2ccc(C(F)(F)F)nc2OC2CCCCC2)c1N(F)S(C)(=O)=O. The van der Waals surface area contributed by atoms with Crippen LogP contribution in [0.15, 0.2) is 30.3 Å². The molecule has 0 atom stereocenters. The maximum absolute atomic E-state index is 15.0. The van der Waals surface area contributed by atoms with Gasteiger partial charge in [0.25, 0.3) is 10.0 Å². The predicted molar refractivity (Wildman–Crippen MR) is 123 cm³/mol. The molecule has 3 rings (SSSR count). The van der Waals surface area contributed by atoms with Crippen LogP contribution in [0.4, 0.5) is 29.0 Å². The van der Waals surface area contributed by atoms with Crippen LogP contribution in [0.3, 0.4) is 0 Å². The van der Waals surface area contributed by atoms with Crippen LogP contribution in [0.5, 0.6) is 5.88 Å². The smallest absolute Gasteiger partial charge is 0.433 e. The van der Waals surface area contributed by atoms with E-state index in [1.165, 1.54) is 24.3 Å². The van der Waals surface area contributed by atoms with Gasteiger partial charge < -0.3 is 10.1 Å². The molecule has 192 valence electrons. The first-order chi connectivity index (χ1) is 16.4. The Hall–Kier alpha value is -2.89. The number of halogens is 4. The first kappa shape index (κ1) is 26.7. The Kier molecular flexibility index (Phi) is 8.24. The first-order valence-corrected chi connectivity index (χ1v) is 13.1. The van der Waals surface area contributed by atoms with Crippen LogP contribution in [-0.4, -0.2) is 31.7 Å². The van der Waals surface area contributed by atoms with Gasteiger partial charge in [0.15, 0.2) is 0 Å². The average Bonchev–Trinajstić information content (AvgIpc) is 2.79. The molecular formula is C23H27F4N3O4S. The van der Waals surface area contributed by atoms with E-state index in [0.717, 1.165) is 25.3 Å². The third kappa shape index (κ3) is 6.83. The van der Waals surface area contributed by atoms with Crippen molar-refractivity contribution in [2.24, 2.45) is 0 Å². The molecule has 7 nitrogen and oxygen atoms in total. The fourth-order valence-electron chi connectivity index (χ4n) is 3.86. The standard InChI is InChI=1S/C23H27F4N3O4S/c1-3-20(31)28-18-11-7-8-15(21(18)30(27)35(2,32)33)14-16-12-13-19(23(24,25)26)29-22(16)34-17-9-5-4-6-10-17/h7-8,11-13,17H,3-6,9-10,14H2,1-2H3,(H,28,31). The molecule has 1 N–H and O–H groups in total. The fraction of sp³-hybridized carbons (Fsp3) is 0.478. The predicted octanol–water partition coefficient (Wildman–Crippen LogP) is 5.40. The number of hydrogen-bond acceptors (Lipinski definition) is 5. The molecule has 1 heterocycles. The van der Waals surface area contributed by atoms with Crippen molar-refractivity contribution < 1.29 is 35.6 Å². The second-order valence-electron chi connectivity index (χ2n) is 8.41. The Labute approximate surface area is 201 Å². The van der Waals surface area contributed by atoms with Crippen molar-refractivity contribution in [3.05, 3.63) is 47.2 Å². The number of anilines is 2. The number of benzene rings is 1. The second kappa shape index (κ2) is 10.8. The molecule has 0 spiro atoms. The van der Waals surface area contributed by atoms with Crippen LogP contribution in [0.1, 0.15) is 62.3 Å². The minimum absolute atomic E-state index is 0.0665. The quantitative estimate of drug-likeness (QED) is 0.374. The Morgan fingerprint density at radius 2 is 1.83 bits per heavy atom. The van der Waals surface area contributed by atoms with Crippen LogP contribution in [0.25, 0.3) is 0 Å². The van der Waals surface area contributed by atoms with Crippen molar-refractivity contribution >= 4 is 27.3 Å². The lowest BCUT2D eigenvalue weighted by molar-refractivity contribution is -0.141. The molecule has 0 saturated heterocycles. The molecule has 1 saturated carbocycles. The summed E-state index contributed by atoms with van der Waals surface area (Å²) in [4.78, 5) is 15.6. The van der Waals surface area contributed by atoms with Crippen LogP contribution >= 0.6 is 0 Å². The molecule has 1 amide bonds. The third-order valence-corrected chi connectivity index (χ3v) is 6.39. The Bertz CT molecular complexity index is 1170. The van der Waals surface area contributed by atoms with E-state index >= 15 is 4.48 Å². The first-order valence-electron chi connectivity index (χ1n) is 11.2. The van der Waals surface area contributed by atoms with Gasteiger partial charge in [0.05, 0.1) is 11.9 Å². The maximum atomic E-state index is 15.0. The lowest BCUT2D eigenvalue weighted by Crippen LogP contribution is -2.24. The molecule has 1 aliphatic carbocycles. The topological polar surface area (TPSA) is 88.6 Å². The number of para-hydroxylation sites is 1. The molecule has 1 fully saturated rings. The molecule has 1 aliphatic rings. The summed E-state index contributed by atoms with van der Waals surface area (Å²) in [5.41, 5.74) is -1.30. The van der Waals surface area contributed by atoms with E-state index < -0.39 is 38.0 Å². The third-order valence-electron chi connectivity index (χ3n) is 5.62. The van der Waals surface area contributed by atoms with Crippen LogP contribution < -0.4 is 14.6 Å². The highest BCUT2D eigenvalue weighted by atomic mass is 32.2. The number of nitrogens with zero attached hydrogens (tertiary/aromatic N) is 2. The van der Waals surface area contributed by atoms with Crippen molar-refractivity contribution in [2.45, 2.75) is 64.1 Å². The number of aromatic nitrogens is 1. The molecule has 0 unspecified atom stereocenters. The Morgan fingerprint density at radius 3 is 2.43 bits per heavy atom. The number of ether oxygens (including phenoxy) is 1. The van der Waals surface area contributed by atoms with Crippen molar-refractivity contribution in [1.82, 2.24) is 4.98 Å². The largest absolute Gasteiger partial charge is 0.474 e. The zero-order valence-electron chi connectivity index (χ0n) is 19.4. The van der Waals surface area contributed by atoms with Gasteiger partial charge in [0, 0.05) is 18.4 Å². The molecule has 0 bridgehead atoms. The Morgan fingerprint density at radius 1 is 1.14 bits per heavy atom. The number of sulfonamides is 1. The zero-order valence-corrected chi connectivity index (χ0v) is 20.2. The normalized spacial score (nSPS) is 15.0. The number of amides is 1. The summed E-state index contributed by atoms with van der Waals surface area (Å²) in [5, 5.41) is 2.47. The summed E-state index contributed by atoms with van der Waals surface area (Å²) in [6.45, 7) is 1.57.